The highest BCUT2D eigenvalue weighted by Gasteiger charge is 2.14. The Labute approximate surface area is 173 Å². The van der Waals surface area contributed by atoms with Gasteiger partial charge in [-0.15, -0.1) is 0 Å². The smallest absolute Gasteiger partial charge is 0.251 e. The Balaban J connectivity index is 1.31. The molecular weight excluding hydrogens is 362 g/mol. The summed E-state index contributed by atoms with van der Waals surface area (Å²) >= 11 is 0. The second-order valence-corrected chi connectivity index (χ2v) is 8.03. The van der Waals surface area contributed by atoms with Gasteiger partial charge in [0.15, 0.2) is 0 Å². The second kappa shape index (κ2) is 9.83. The first-order valence-corrected chi connectivity index (χ1v) is 11.0. The van der Waals surface area contributed by atoms with E-state index in [4.69, 9.17) is 4.98 Å². The van der Waals surface area contributed by atoms with Crippen molar-refractivity contribution in [1.82, 2.24) is 20.2 Å². The zero-order chi connectivity index (χ0) is 19.9. The normalized spacial score (nSPS) is 17.4. The van der Waals surface area contributed by atoms with Crippen LogP contribution in [0.5, 0.6) is 0 Å². The van der Waals surface area contributed by atoms with Crippen LogP contribution >= 0.6 is 0 Å². The van der Waals surface area contributed by atoms with Crippen molar-refractivity contribution in [1.29, 1.82) is 0 Å². The third-order valence-electron chi connectivity index (χ3n) is 5.86. The first-order chi connectivity index (χ1) is 14.3. The van der Waals surface area contributed by atoms with E-state index in [1.54, 1.807) is 0 Å². The lowest BCUT2D eigenvalue weighted by atomic mass is 10.1. The van der Waals surface area contributed by atoms with Gasteiger partial charge in [0.05, 0.1) is 5.69 Å². The number of rotatable bonds is 7. The van der Waals surface area contributed by atoms with Gasteiger partial charge in [0.25, 0.3) is 5.91 Å². The van der Waals surface area contributed by atoms with E-state index in [-0.39, 0.29) is 5.91 Å². The van der Waals surface area contributed by atoms with Gasteiger partial charge in [-0.1, -0.05) is 12.1 Å². The van der Waals surface area contributed by atoms with E-state index in [2.05, 4.69) is 20.1 Å². The van der Waals surface area contributed by atoms with Crippen LogP contribution in [0.2, 0.25) is 0 Å². The van der Waals surface area contributed by atoms with Crippen molar-refractivity contribution in [3.05, 3.63) is 42.1 Å². The van der Waals surface area contributed by atoms with Crippen molar-refractivity contribution < 1.29 is 4.79 Å². The highest BCUT2D eigenvalue weighted by molar-refractivity contribution is 5.94. The Kier molecular flexibility index (Phi) is 6.72. The molecule has 6 heteroatoms. The number of piperidine rings is 1. The maximum absolute atomic E-state index is 12.4. The fraction of sp³-hybridized carbons (Fsp3) is 0.522. The van der Waals surface area contributed by atoms with Crippen molar-refractivity contribution in [3.63, 3.8) is 0 Å². The number of hydrogen-bond donors (Lipinski definition) is 1. The Bertz CT molecular complexity index is 795. The average Bonchev–Trinajstić information content (AvgIpc) is 3.31. The van der Waals surface area contributed by atoms with Gasteiger partial charge in [-0.3, -0.25) is 4.79 Å². The van der Waals surface area contributed by atoms with E-state index in [0.717, 1.165) is 49.8 Å². The van der Waals surface area contributed by atoms with E-state index in [9.17, 15) is 4.79 Å². The maximum Gasteiger partial charge on any atom is 0.251 e. The molecule has 2 saturated heterocycles. The number of anilines is 1. The average molecular weight is 394 g/mol. The van der Waals surface area contributed by atoms with Gasteiger partial charge in [0.1, 0.15) is 0 Å². The number of nitrogens with one attached hydrogen (secondary N) is 1. The maximum atomic E-state index is 12.4. The first-order valence-electron chi connectivity index (χ1n) is 11.0. The van der Waals surface area contributed by atoms with Crippen LogP contribution in [0.25, 0.3) is 11.3 Å². The third-order valence-corrected chi connectivity index (χ3v) is 5.86. The van der Waals surface area contributed by atoms with E-state index in [1.807, 2.05) is 36.5 Å². The monoisotopic (exact) mass is 393 g/mol. The SMILES string of the molecule is O=C(NCCCN1CCCC1)c1ccc(-c2ccnc(N3CCCCC3)n2)cc1. The standard InChI is InChI=1S/C23H31N5O/c29-22(24-12-6-16-27-14-4-5-15-27)20-9-7-19(8-10-20)21-11-13-25-23(26-21)28-17-2-1-3-18-28/h7-11,13H,1-6,12,14-18H2,(H,24,29). The number of aromatic nitrogens is 2. The number of amides is 1. The van der Waals surface area contributed by atoms with Crippen LogP contribution in [0.4, 0.5) is 5.95 Å². The van der Waals surface area contributed by atoms with Crippen LogP contribution in [-0.2, 0) is 0 Å². The molecule has 1 N–H and O–H groups in total. The molecule has 154 valence electrons. The molecule has 1 aromatic heterocycles. The molecule has 2 aromatic rings. The summed E-state index contributed by atoms with van der Waals surface area (Å²) in [6.45, 7) is 6.27. The minimum atomic E-state index is -0.00494. The summed E-state index contributed by atoms with van der Waals surface area (Å²) in [4.78, 5) is 26.3. The van der Waals surface area contributed by atoms with Gasteiger partial charge in [0.2, 0.25) is 5.95 Å². The molecular formula is C23H31N5O. The van der Waals surface area contributed by atoms with Crippen LogP contribution in [0, 0.1) is 0 Å². The third kappa shape index (κ3) is 5.32. The Morgan fingerprint density at radius 3 is 2.41 bits per heavy atom. The molecule has 2 aliphatic rings. The number of benzene rings is 1. The number of nitrogens with zero attached hydrogens (tertiary/aromatic N) is 4. The molecule has 0 spiro atoms. The van der Waals surface area contributed by atoms with Gasteiger partial charge >= 0.3 is 0 Å². The number of hydrogen-bond acceptors (Lipinski definition) is 5. The quantitative estimate of drug-likeness (QED) is 0.731. The largest absolute Gasteiger partial charge is 0.352 e. The fourth-order valence-corrected chi connectivity index (χ4v) is 4.16. The molecule has 2 aliphatic heterocycles. The molecule has 2 fully saturated rings. The predicted molar refractivity (Wildman–Crippen MR) is 116 cm³/mol. The minimum absolute atomic E-state index is 0.00494. The Morgan fingerprint density at radius 2 is 1.66 bits per heavy atom. The Hall–Kier alpha value is -2.47. The van der Waals surface area contributed by atoms with Gasteiger partial charge in [-0.25, -0.2) is 9.97 Å². The summed E-state index contributed by atoms with van der Waals surface area (Å²) in [5.74, 6) is 0.802. The lowest BCUT2D eigenvalue weighted by molar-refractivity contribution is 0.0952. The van der Waals surface area contributed by atoms with Gasteiger partial charge in [0, 0.05) is 37.0 Å². The topological polar surface area (TPSA) is 61.4 Å². The van der Waals surface area contributed by atoms with E-state index >= 15 is 0 Å². The molecule has 0 atom stereocenters. The van der Waals surface area contributed by atoms with E-state index in [0.29, 0.717) is 5.56 Å². The molecule has 0 saturated carbocycles. The molecule has 1 amide bonds. The molecule has 6 nitrogen and oxygen atoms in total. The molecule has 0 aliphatic carbocycles. The van der Waals surface area contributed by atoms with Crippen LogP contribution in [0.3, 0.4) is 0 Å². The summed E-state index contributed by atoms with van der Waals surface area (Å²) in [7, 11) is 0. The zero-order valence-electron chi connectivity index (χ0n) is 17.1. The van der Waals surface area contributed by atoms with Crippen molar-refractivity contribution >= 4 is 11.9 Å². The molecule has 3 heterocycles. The summed E-state index contributed by atoms with van der Waals surface area (Å²) in [6, 6.07) is 9.64. The van der Waals surface area contributed by atoms with Gasteiger partial charge in [-0.2, -0.15) is 0 Å². The van der Waals surface area contributed by atoms with E-state index in [1.165, 1.54) is 45.2 Å². The molecule has 0 radical (unpaired) electrons. The molecule has 4 rings (SSSR count). The molecule has 0 unspecified atom stereocenters. The number of likely N-dealkylation sites (tertiary alicyclic amines) is 1. The fourth-order valence-electron chi connectivity index (χ4n) is 4.16. The molecule has 29 heavy (non-hydrogen) atoms. The van der Waals surface area contributed by atoms with Crippen molar-refractivity contribution in [3.8, 4) is 11.3 Å². The summed E-state index contributed by atoms with van der Waals surface area (Å²) in [6.07, 6.45) is 9.15. The summed E-state index contributed by atoms with van der Waals surface area (Å²) in [5.41, 5.74) is 2.61. The highest BCUT2D eigenvalue weighted by atomic mass is 16.1. The minimum Gasteiger partial charge on any atom is -0.352 e. The van der Waals surface area contributed by atoms with Crippen molar-refractivity contribution in [2.24, 2.45) is 0 Å². The van der Waals surface area contributed by atoms with E-state index < -0.39 is 0 Å². The van der Waals surface area contributed by atoms with Crippen molar-refractivity contribution in [2.45, 2.75) is 38.5 Å². The predicted octanol–water partition coefficient (Wildman–Crippen LogP) is 3.35. The summed E-state index contributed by atoms with van der Waals surface area (Å²) in [5, 5.41) is 3.04. The molecule has 1 aromatic carbocycles. The van der Waals surface area contributed by atoms with Crippen LogP contribution in [0.1, 0.15) is 48.9 Å². The molecule has 0 bridgehead atoms. The first kappa shape index (κ1) is 19.8. The van der Waals surface area contributed by atoms with Gasteiger partial charge < -0.3 is 15.1 Å². The lowest BCUT2D eigenvalue weighted by Crippen LogP contribution is -2.30. The van der Waals surface area contributed by atoms with Crippen molar-refractivity contribution in [2.75, 3.05) is 44.2 Å². The number of carbonyl (C=O) groups is 1. The van der Waals surface area contributed by atoms with Crippen LogP contribution in [0.15, 0.2) is 36.5 Å². The van der Waals surface area contributed by atoms with Gasteiger partial charge in [-0.05, 0) is 76.4 Å². The lowest BCUT2D eigenvalue weighted by Gasteiger charge is -2.26. The van der Waals surface area contributed by atoms with Crippen LogP contribution in [-0.4, -0.2) is 60.0 Å². The zero-order valence-corrected chi connectivity index (χ0v) is 17.1. The Morgan fingerprint density at radius 1 is 0.931 bits per heavy atom. The summed E-state index contributed by atoms with van der Waals surface area (Å²) < 4.78 is 0. The second-order valence-electron chi connectivity index (χ2n) is 8.03. The van der Waals surface area contributed by atoms with Crippen LogP contribution < -0.4 is 10.2 Å². The number of carbonyl (C=O) groups excluding carboxylic acids is 1. The highest BCUT2D eigenvalue weighted by Crippen LogP contribution is 2.21.